The average molecular weight is 141 g/mol. The summed E-state index contributed by atoms with van der Waals surface area (Å²) in [5, 5.41) is 2.79. The van der Waals surface area contributed by atoms with E-state index in [-0.39, 0.29) is 12.5 Å². The van der Waals surface area contributed by atoms with E-state index in [9.17, 15) is 4.79 Å². The summed E-state index contributed by atoms with van der Waals surface area (Å²) in [6.07, 6.45) is 2.87. The van der Waals surface area contributed by atoms with Gasteiger partial charge in [0.1, 0.15) is 6.61 Å². The molecule has 56 valence electrons. The fraction of sp³-hybridized carbons (Fsp3) is 0.857. The molecular weight excluding hydrogens is 130 g/mol. The molecule has 2 fully saturated rings. The van der Waals surface area contributed by atoms with Crippen LogP contribution in [0.3, 0.4) is 0 Å². The van der Waals surface area contributed by atoms with E-state index in [0.717, 1.165) is 12.5 Å². The monoisotopic (exact) mass is 141 g/mol. The van der Waals surface area contributed by atoms with Crippen LogP contribution in [0.2, 0.25) is 0 Å². The molecule has 10 heavy (non-hydrogen) atoms. The van der Waals surface area contributed by atoms with Crippen LogP contribution < -0.4 is 5.32 Å². The second kappa shape index (κ2) is 2.23. The van der Waals surface area contributed by atoms with Crippen LogP contribution in [0.5, 0.6) is 0 Å². The summed E-state index contributed by atoms with van der Waals surface area (Å²) in [7, 11) is 0. The molecule has 1 saturated heterocycles. The van der Waals surface area contributed by atoms with Gasteiger partial charge in [0.05, 0.1) is 6.10 Å². The Labute approximate surface area is 59.7 Å². The number of rotatable bonds is 1. The van der Waals surface area contributed by atoms with E-state index < -0.39 is 0 Å². The Balaban J connectivity index is 1.84. The maximum atomic E-state index is 10.6. The molecule has 1 atom stereocenters. The number of carbonyl (C=O) groups is 1. The largest absolute Gasteiger partial charge is 0.366 e. The fourth-order valence-corrected chi connectivity index (χ4v) is 1.28. The Bertz CT molecular complexity index is 144. The maximum absolute atomic E-state index is 10.6. The van der Waals surface area contributed by atoms with Crippen molar-refractivity contribution in [3.63, 3.8) is 0 Å². The first-order valence-corrected chi connectivity index (χ1v) is 3.74. The first-order chi connectivity index (χ1) is 4.86. The highest BCUT2D eigenvalue weighted by Gasteiger charge is 2.34. The number of ether oxygens (including phenoxy) is 1. The van der Waals surface area contributed by atoms with E-state index in [4.69, 9.17) is 4.74 Å². The predicted molar refractivity (Wildman–Crippen MR) is 35.5 cm³/mol. The summed E-state index contributed by atoms with van der Waals surface area (Å²) in [6, 6.07) is 0. The van der Waals surface area contributed by atoms with Gasteiger partial charge in [0.25, 0.3) is 0 Å². The summed E-state index contributed by atoms with van der Waals surface area (Å²) in [5.41, 5.74) is 0. The minimum absolute atomic E-state index is 0.0249. The average Bonchev–Trinajstić information content (AvgIpc) is 2.71. The number of hydrogen-bond donors (Lipinski definition) is 1. The van der Waals surface area contributed by atoms with Crippen molar-refractivity contribution in [2.75, 3.05) is 13.2 Å². The predicted octanol–water partition coefficient (Wildman–Crippen LogP) is -0.0886. The molecular formula is C7H11NO2. The molecule has 0 bridgehead atoms. The van der Waals surface area contributed by atoms with Crippen molar-refractivity contribution in [1.29, 1.82) is 0 Å². The normalized spacial score (nSPS) is 33.6. The van der Waals surface area contributed by atoms with Crippen molar-refractivity contribution in [3.8, 4) is 0 Å². The van der Waals surface area contributed by atoms with Crippen molar-refractivity contribution >= 4 is 5.91 Å². The van der Waals surface area contributed by atoms with Crippen molar-refractivity contribution in [3.05, 3.63) is 0 Å². The molecule has 0 aromatic rings. The van der Waals surface area contributed by atoms with Gasteiger partial charge < -0.3 is 10.1 Å². The van der Waals surface area contributed by atoms with Gasteiger partial charge in [0, 0.05) is 6.54 Å². The van der Waals surface area contributed by atoms with E-state index in [0.29, 0.717) is 6.10 Å². The van der Waals surface area contributed by atoms with Gasteiger partial charge in [0.2, 0.25) is 5.91 Å². The van der Waals surface area contributed by atoms with Crippen LogP contribution in [0, 0.1) is 5.92 Å². The number of hydrogen-bond acceptors (Lipinski definition) is 2. The number of nitrogens with one attached hydrogen (secondary N) is 1. The van der Waals surface area contributed by atoms with Crippen molar-refractivity contribution in [2.45, 2.75) is 18.9 Å². The molecule has 0 radical (unpaired) electrons. The van der Waals surface area contributed by atoms with Crippen LogP contribution in [-0.4, -0.2) is 25.2 Å². The van der Waals surface area contributed by atoms with Gasteiger partial charge in [-0.3, -0.25) is 4.79 Å². The molecule has 0 unspecified atom stereocenters. The van der Waals surface area contributed by atoms with Crippen LogP contribution in [0.4, 0.5) is 0 Å². The summed E-state index contributed by atoms with van der Waals surface area (Å²) < 4.78 is 5.30. The van der Waals surface area contributed by atoms with Gasteiger partial charge in [0.15, 0.2) is 0 Å². The fourth-order valence-electron chi connectivity index (χ4n) is 1.28. The highest BCUT2D eigenvalue weighted by atomic mass is 16.5. The van der Waals surface area contributed by atoms with Crippen LogP contribution in [0.15, 0.2) is 0 Å². The van der Waals surface area contributed by atoms with Crippen molar-refractivity contribution in [2.24, 2.45) is 5.92 Å². The Morgan fingerprint density at radius 1 is 1.50 bits per heavy atom. The summed E-state index contributed by atoms with van der Waals surface area (Å²) >= 11 is 0. The van der Waals surface area contributed by atoms with Gasteiger partial charge >= 0.3 is 0 Å². The van der Waals surface area contributed by atoms with E-state index in [1.165, 1.54) is 12.8 Å². The Morgan fingerprint density at radius 3 is 2.80 bits per heavy atom. The van der Waals surface area contributed by atoms with Crippen LogP contribution in [0.1, 0.15) is 12.8 Å². The Morgan fingerprint density at radius 2 is 2.30 bits per heavy atom. The van der Waals surface area contributed by atoms with Crippen LogP contribution in [0.25, 0.3) is 0 Å². The first-order valence-electron chi connectivity index (χ1n) is 3.74. The van der Waals surface area contributed by atoms with Gasteiger partial charge in [-0.2, -0.15) is 0 Å². The Kier molecular flexibility index (Phi) is 1.38. The molecule has 2 rings (SSSR count). The molecule has 1 heterocycles. The van der Waals surface area contributed by atoms with Crippen molar-refractivity contribution in [1.82, 2.24) is 5.32 Å². The second-order valence-electron chi connectivity index (χ2n) is 2.99. The SMILES string of the molecule is O=C1CO[C@H](C2CC2)CN1. The highest BCUT2D eigenvalue weighted by molar-refractivity contribution is 5.77. The number of amides is 1. The van der Waals surface area contributed by atoms with Gasteiger partial charge in [-0.15, -0.1) is 0 Å². The third-order valence-electron chi connectivity index (χ3n) is 2.08. The third-order valence-corrected chi connectivity index (χ3v) is 2.08. The molecule has 1 amide bonds. The van der Waals surface area contributed by atoms with Gasteiger partial charge in [-0.1, -0.05) is 0 Å². The zero-order valence-electron chi connectivity index (χ0n) is 5.80. The molecule has 1 saturated carbocycles. The topological polar surface area (TPSA) is 38.3 Å². The Hall–Kier alpha value is -0.570. The molecule has 1 aliphatic heterocycles. The van der Waals surface area contributed by atoms with E-state index in [1.54, 1.807) is 0 Å². The lowest BCUT2D eigenvalue weighted by atomic mass is 10.2. The number of carbonyl (C=O) groups excluding carboxylic acids is 1. The van der Waals surface area contributed by atoms with Gasteiger partial charge in [-0.25, -0.2) is 0 Å². The zero-order valence-corrected chi connectivity index (χ0v) is 5.80. The lowest BCUT2D eigenvalue weighted by Gasteiger charge is -2.22. The summed E-state index contributed by atoms with van der Waals surface area (Å²) in [5.74, 6) is 0.762. The van der Waals surface area contributed by atoms with Crippen molar-refractivity contribution < 1.29 is 9.53 Å². The molecule has 1 aliphatic carbocycles. The smallest absolute Gasteiger partial charge is 0.246 e. The molecule has 0 aromatic heterocycles. The molecule has 0 aromatic carbocycles. The molecule has 0 spiro atoms. The molecule has 3 nitrogen and oxygen atoms in total. The standard InChI is InChI=1S/C7H11NO2/c9-7-4-10-6(3-8-7)5-1-2-5/h5-6H,1-4H2,(H,8,9)/t6-/m0/s1. The minimum Gasteiger partial charge on any atom is -0.366 e. The maximum Gasteiger partial charge on any atom is 0.246 e. The summed E-state index contributed by atoms with van der Waals surface area (Å²) in [4.78, 5) is 10.6. The van der Waals surface area contributed by atoms with E-state index in [1.807, 2.05) is 0 Å². The molecule has 2 aliphatic rings. The summed E-state index contributed by atoms with van der Waals surface area (Å²) in [6.45, 7) is 0.991. The molecule has 3 heteroatoms. The van der Waals surface area contributed by atoms with Crippen LogP contribution >= 0.6 is 0 Å². The van der Waals surface area contributed by atoms with E-state index >= 15 is 0 Å². The first kappa shape index (κ1) is 6.16. The lowest BCUT2D eigenvalue weighted by molar-refractivity contribution is -0.133. The second-order valence-corrected chi connectivity index (χ2v) is 2.99. The van der Waals surface area contributed by atoms with E-state index in [2.05, 4.69) is 5.32 Å². The van der Waals surface area contributed by atoms with Crippen LogP contribution in [-0.2, 0) is 9.53 Å². The molecule has 1 N–H and O–H groups in total. The quantitative estimate of drug-likeness (QED) is 0.554. The zero-order chi connectivity index (χ0) is 6.97. The minimum atomic E-state index is 0.0249. The number of morpholine rings is 1. The highest BCUT2D eigenvalue weighted by Crippen LogP contribution is 2.34. The van der Waals surface area contributed by atoms with Gasteiger partial charge in [-0.05, 0) is 18.8 Å². The third kappa shape index (κ3) is 1.14. The lowest BCUT2D eigenvalue weighted by Crippen LogP contribution is -2.43.